The topological polar surface area (TPSA) is 0 Å². The van der Waals surface area contributed by atoms with E-state index in [0.717, 1.165) is 18.4 Å². The lowest BCUT2D eigenvalue weighted by Crippen LogP contribution is -1.82. The van der Waals surface area contributed by atoms with Gasteiger partial charge in [-0.1, -0.05) is 18.2 Å². The number of hydrogen-bond donors (Lipinski definition) is 0. The van der Waals surface area contributed by atoms with Gasteiger partial charge in [-0.25, -0.2) is 4.39 Å². The van der Waals surface area contributed by atoms with Crippen LogP contribution in [0, 0.1) is 5.82 Å². The van der Waals surface area contributed by atoms with E-state index in [1.165, 1.54) is 12.1 Å². The third kappa shape index (κ3) is 2.54. The van der Waals surface area contributed by atoms with Crippen molar-refractivity contribution in [1.29, 1.82) is 0 Å². The van der Waals surface area contributed by atoms with Crippen LogP contribution in [-0.2, 0) is 6.42 Å². The molecule has 0 heterocycles. The van der Waals surface area contributed by atoms with Crippen molar-refractivity contribution in [1.82, 2.24) is 0 Å². The maximum absolute atomic E-state index is 12.4. The van der Waals surface area contributed by atoms with Gasteiger partial charge in [-0.05, 0) is 30.5 Å². The van der Waals surface area contributed by atoms with Gasteiger partial charge in [0, 0.05) is 0 Å². The first-order valence-corrected chi connectivity index (χ1v) is 3.68. The highest BCUT2D eigenvalue weighted by Crippen LogP contribution is 2.05. The van der Waals surface area contributed by atoms with Crippen LogP contribution >= 0.6 is 0 Å². The molecule has 0 saturated heterocycles. The van der Waals surface area contributed by atoms with Gasteiger partial charge in [0.15, 0.2) is 0 Å². The van der Waals surface area contributed by atoms with E-state index in [1.54, 1.807) is 12.1 Å². The van der Waals surface area contributed by atoms with Crippen LogP contribution in [0.1, 0.15) is 12.0 Å². The summed E-state index contributed by atoms with van der Waals surface area (Å²) in [5.74, 6) is -0.174. The van der Waals surface area contributed by atoms with Crippen molar-refractivity contribution in [3.63, 3.8) is 0 Å². The number of halogens is 1. The number of allylic oxidation sites excluding steroid dienone is 1. The van der Waals surface area contributed by atoms with Crippen molar-refractivity contribution in [2.75, 3.05) is 0 Å². The Labute approximate surface area is 66.4 Å². The van der Waals surface area contributed by atoms with Gasteiger partial charge in [0.25, 0.3) is 0 Å². The molecule has 0 atom stereocenters. The summed E-state index contributed by atoms with van der Waals surface area (Å²) in [6, 6.07) is 6.58. The molecule has 0 aliphatic heterocycles. The van der Waals surface area contributed by atoms with Crippen LogP contribution in [0.15, 0.2) is 36.9 Å². The molecule has 58 valence electrons. The van der Waals surface area contributed by atoms with Crippen molar-refractivity contribution in [2.24, 2.45) is 0 Å². The lowest BCUT2D eigenvalue weighted by Gasteiger charge is -1.96. The summed E-state index contributed by atoms with van der Waals surface area (Å²) in [7, 11) is 0. The Morgan fingerprint density at radius 2 is 1.91 bits per heavy atom. The summed E-state index contributed by atoms with van der Waals surface area (Å²) in [5, 5.41) is 0. The van der Waals surface area contributed by atoms with Crippen LogP contribution in [0.5, 0.6) is 0 Å². The molecule has 1 heteroatoms. The van der Waals surface area contributed by atoms with E-state index in [0.29, 0.717) is 0 Å². The summed E-state index contributed by atoms with van der Waals surface area (Å²) in [4.78, 5) is 0. The number of hydrogen-bond acceptors (Lipinski definition) is 0. The Morgan fingerprint density at radius 3 is 2.45 bits per heavy atom. The Balaban J connectivity index is 2.58. The number of benzene rings is 1. The number of aryl methyl sites for hydroxylation is 1. The Hall–Kier alpha value is -1.11. The van der Waals surface area contributed by atoms with E-state index in [1.807, 2.05) is 6.08 Å². The van der Waals surface area contributed by atoms with Gasteiger partial charge in [-0.15, -0.1) is 6.58 Å². The second-order valence-electron chi connectivity index (χ2n) is 2.45. The molecule has 0 nitrogen and oxygen atoms in total. The predicted octanol–water partition coefficient (Wildman–Crippen LogP) is 2.94. The second kappa shape index (κ2) is 3.91. The van der Waals surface area contributed by atoms with E-state index in [9.17, 15) is 4.39 Å². The van der Waals surface area contributed by atoms with Crippen molar-refractivity contribution in [3.05, 3.63) is 48.3 Å². The SMILES string of the molecule is C=CCCc1ccc(F)cc1. The lowest BCUT2D eigenvalue weighted by atomic mass is 10.1. The molecule has 0 bridgehead atoms. The van der Waals surface area contributed by atoms with Crippen molar-refractivity contribution >= 4 is 0 Å². The Kier molecular flexibility index (Phi) is 2.84. The standard InChI is InChI=1S/C10H11F/c1-2-3-4-9-5-7-10(11)8-6-9/h2,5-8H,1,3-4H2. The van der Waals surface area contributed by atoms with Gasteiger partial charge in [0.05, 0.1) is 0 Å². The minimum atomic E-state index is -0.174. The van der Waals surface area contributed by atoms with E-state index in [2.05, 4.69) is 6.58 Å². The van der Waals surface area contributed by atoms with E-state index >= 15 is 0 Å². The predicted molar refractivity (Wildman–Crippen MR) is 44.9 cm³/mol. The molecule has 0 saturated carbocycles. The third-order valence-corrected chi connectivity index (χ3v) is 1.55. The zero-order valence-electron chi connectivity index (χ0n) is 6.39. The quantitative estimate of drug-likeness (QED) is 0.581. The summed E-state index contributed by atoms with van der Waals surface area (Å²) in [6.07, 6.45) is 3.76. The second-order valence-corrected chi connectivity index (χ2v) is 2.45. The number of rotatable bonds is 3. The Morgan fingerprint density at radius 1 is 1.27 bits per heavy atom. The highest BCUT2D eigenvalue weighted by Gasteiger charge is 1.90. The maximum atomic E-state index is 12.4. The molecular formula is C10H11F. The van der Waals surface area contributed by atoms with Gasteiger partial charge in [0.1, 0.15) is 5.82 Å². The normalized spacial score (nSPS) is 9.55. The molecule has 0 N–H and O–H groups in total. The van der Waals surface area contributed by atoms with Crippen LogP contribution < -0.4 is 0 Å². The van der Waals surface area contributed by atoms with Gasteiger partial charge >= 0.3 is 0 Å². The first-order valence-electron chi connectivity index (χ1n) is 3.68. The van der Waals surface area contributed by atoms with Crippen molar-refractivity contribution in [2.45, 2.75) is 12.8 Å². The average Bonchev–Trinajstić information content (AvgIpc) is 2.04. The maximum Gasteiger partial charge on any atom is 0.123 e. The molecule has 1 aromatic rings. The van der Waals surface area contributed by atoms with Gasteiger partial charge in [-0.3, -0.25) is 0 Å². The van der Waals surface area contributed by atoms with Gasteiger partial charge in [0.2, 0.25) is 0 Å². The monoisotopic (exact) mass is 150 g/mol. The van der Waals surface area contributed by atoms with Crippen LogP contribution in [-0.4, -0.2) is 0 Å². The summed E-state index contributed by atoms with van der Waals surface area (Å²) in [6.45, 7) is 3.62. The van der Waals surface area contributed by atoms with Crippen molar-refractivity contribution < 1.29 is 4.39 Å². The highest BCUT2D eigenvalue weighted by atomic mass is 19.1. The molecule has 0 fully saturated rings. The molecule has 0 aromatic heterocycles. The van der Waals surface area contributed by atoms with Crippen molar-refractivity contribution in [3.8, 4) is 0 Å². The summed E-state index contributed by atoms with van der Waals surface area (Å²) in [5.41, 5.74) is 1.16. The fraction of sp³-hybridized carbons (Fsp3) is 0.200. The first kappa shape index (κ1) is 7.99. The third-order valence-electron chi connectivity index (χ3n) is 1.55. The highest BCUT2D eigenvalue weighted by molar-refractivity contribution is 5.16. The molecule has 1 aromatic carbocycles. The molecule has 0 amide bonds. The first-order chi connectivity index (χ1) is 5.33. The minimum Gasteiger partial charge on any atom is -0.207 e. The summed E-state index contributed by atoms with van der Waals surface area (Å²) < 4.78 is 12.4. The Bertz CT molecular complexity index is 223. The largest absolute Gasteiger partial charge is 0.207 e. The van der Waals surface area contributed by atoms with E-state index < -0.39 is 0 Å². The zero-order valence-corrected chi connectivity index (χ0v) is 6.39. The zero-order chi connectivity index (χ0) is 8.10. The molecule has 0 aliphatic rings. The minimum absolute atomic E-state index is 0.174. The van der Waals surface area contributed by atoms with Gasteiger partial charge < -0.3 is 0 Å². The van der Waals surface area contributed by atoms with Crippen LogP contribution in [0.2, 0.25) is 0 Å². The summed E-state index contributed by atoms with van der Waals surface area (Å²) >= 11 is 0. The molecule has 0 radical (unpaired) electrons. The fourth-order valence-electron chi connectivity index (χ4n) is 0.920. The molecular weight excluding hydrogens is 139 g/mol. The molecule has 0 unspecified atom stereocenters. The molecule has 0 spiro atoms. The molecule has 11 heavy (non-hydrogen) atoms. The van der Waals surface area contributed by atoms with E-state index in [-0.39, 0.29) is 5.82 Å². The van der Waals surface area contributed by atoms with Crippen LogP contribution in [0.25, 0.3) is 0 Å². The molecule has 0 aliphatic carbocycles. The van der Waals surface area contributed by atoms with E-state index in [4.69, 9.17) is 0 Å². The lowest BCUT2D eigenvalue weighted by molar-refractivity contribution is 0.627. The smallest absolute Gasteiger partial charge is 0.123 e. The van der Waals surface area contributed by atoms with Crippen LogP contribution in [0.3, 0.4) is 0 Å². The van der Waals surface area contributed by atoms with Gasteiger partial charge in [-0.2, -0.15) is 0 Å². The fourth-order valence-corrected chi connectivity index (χ4v) is 0.920. The van der Waals surface area contributed by atoms with Crippen LogP contribution in [0.4, 0.5) is 4.39 Å². The average molecular weight is 150 g/mol. The molecule has 1 rings (SSSR count).